The predicted molar refractivity (Wildman–Crippen MR) is 64.4 cm³/mol. The lowest BCUT2D eigenvalue weighted by Crippen LogP contribution is -2.41. The van der Waals surface area contributed by atoms with Gasteiger partial charge in [0.1, 0.15) is 10.9 Å². The van der Waals surface area contributed by atoms with E-state index in [4.69, 9.17) is 10.8 Å². The van der Waals surface area contributed by atoms with Crippen LogP contribution < -0.4 is 10.5 Å². The van der Waals surface area contributed by atoms with Crippen molar-refractivity contribution in [1.82, 2.24) is 9.71 Å². The van der Waals surface area contributed by atoms with Crippen LogP contribution in [-0.2, 0) is 19.6 Å². The maximum atomic E-state index is 11.9. The molecule has 0 aliphatic carbocycles. The summed E-state index contributed by atoms with van der Waals surface area (Å²) >= 11 is 0. The van der Waals surface area contributed by atoms with Crippen molar-refractivity contribution in [2.24, 2.45) is 5.73 Å². The molecule has 1 aromatic heterocycles. The number of aromatic nitrogens is 1. The predicted octanol–water partition coefficient (Wildman–Crippen LogP) is -0.921. The number of hydrogen-bond donors (Lipinski definition) is 3. The van der Waals surface area contributed by atoms with Crippen molar-refractivity contribution in [3.8, 4) is 0 Å². The molecular weight excluding hydrogens is 274 g/mol. The van der Waals surface area contributed by atoms with Gasteiger partial charge in [-0.15, -0.1) is 0 Å². The normalized spacial score (nSPS) is 12.8. The van der Waals surface area contributed by atoms with Crippen LogP contribution in [0.15, 0.2) is 29.4 Å². The Labute approximate surface area is 109 Å². The van der Waals surface area contributed by atoms with Gasteiger partial charge in [0.25, 0.3) is 0 Å². The van der Waals surface area contributed by atoms with Crippen molar-refractivity contribution in [2.75, 3.05) is 0 Å². The number of carboxylic acids is 1. The van der Waals surface area contributed by atoms with Crippen LogP contribution in [0.1, 0.15) is 12.8 Å². The molecule has 0 aromatic carbocycles. The van der Waals surface area contributed by atoms with Gasteiger partial charge < -0.3 is 10.8 Å². The Kier molecular flexibility index (Phi) is 4.95. The van der Waals surface area contributed by atoms with Crippen molar-refractivity contribution in [3.63, 3.8) is 0 Å². The van der Waals surface area contributed by atoms with Crippen molar-refractivity contribution in [1.29, 1.82) is 0 Å². The molecule has 104 valence electrons. The van der Waals surface area contributed by atoms with Crippen LogP contribution in [-0.4, -0.2) is 36.4 Å². The monoisotopic (exact) mass is 287 g/mol. The van der Waals surface area contributed by atoms with E-state index in [1.54, 1.807) is 0 Å². The van der Waals surface area contributed by atoms with Gasteiger partial charge in [-0.05, 0) is 18.6 Å². The molecule has 0 aliphatic rings. The fourth-order valence-corrected chi connectivity index (χ4v) is 2.47. The standard InChI is InChI=1S/C10H13N3O5S/c11-9(14)4-3-8(10(15)16)13-19(17,18)7-2-1-5-12-6-7/h1-2,5-6,8,13H,3-4H2,(H2,11,14)(H,15,16)/t8-/m1/s1. The molecule has 0 radical (unpaired) electrons. The molecule has 1 heterocycles. The Bertz CT molecular complexity index is 558. The number of nitrogens with zero attached hydrogens (tertiary/aromatic N) is 1. The third-order valence-electron chi connectivity index (χ3n) is 2.22. The number of carbonyl (C=O) groups excluding carboxylic acids is 1. The van der Waals surface area contributed by atoms with Crippen molar-refractivity contribution in [2.45, 2.75) is 23.8 Å². The van der Waals surface area contributed by atoms with E-state index in [1.807, 2.05) is 4.72 Å². The number of nitrogens with two attached hydrogens (primary N) is 1. The van der Waals surface area contributed by atoms with Crippen LogP contribution in [0.4, 0.5) is 0 Å². The maximum Gasteiger partial charge on any atom is 0.321 e. The molecular formula is C10H13N3O5S. The van der Waals surface area contributed by atoms with Gasteiger partial charge in [0.15, 0.2) is 0 Å². The molecule has 0 saturated carbocycles. The zero-order chi connectivity index (χ0) is 14.5. The lowest BCUT2D eigenvalue weighted by molar-refractivity contribution is -0.139. The first kappa shape index (κ1) is 15.1. The molecule has 9 heteroatoms. The summed E-state index contributed by atoms with van der Waals surface area (Å²) in [6.07, 6.45) is 2.03. The quantitative estimate of drug-likeness (QED) is 0.592. The molecule has 0 spiro atoms. The highest BCUT2D eigenvalue weighted by molar-refractivity contribution is 7.89. The zero-order valence-corrected chi connectivity index (χ0v) is 10.6. The maximum absolute atomic E-state index is 11.9. The lowest BCUT2D eigenvalue weighted by Gasteiger charge is -2.13. The highest BCUT2D eigenvalue weighted by Crippen LogP contribution is 2.08. The summed E-state index contributed by atoms with van der Waals surface area (Å²) in [4.78, 5) is 25.0. The number of sulfonamides is 1. The van der Waals surface area contributed by atoms with Gasteiger partial charge in [-0.2, -0.15) is 4.72 Å². The van der Waals surface area contributed by atoms with Crippen LogP contribution >= 0.6 is 0 Å². The van der Waals surface area contributed by atoms with Crippen molar-refractivity contribution in [3.05, 3.63) is 24.5 Å². The van der Waals surface area contributed by atoms with Gasteiger partial charge >= 0.3 is 5.97 Å². The van der Waals surface area contributed by atoms with E-state index in [0.29, 0.717) is 0 Å². The second-order valence-electron chi connectivity index (χ2n) is 3.71. The molecule has 0 unspecified atom stereocenters. The molecule has 0 saturated heterocycles. The Morgan fingerprint density at radius 2 is 2.16 bits per heavy atom. The minimum Gasteiger partial charge on any atom is -0.480 e. The average molecular weight is 287 g/mol. The molecule has 1 rings (SSSR count). The Hall–Kier alpha value is -2.00. The van der Waals surface area contributed by atoms with Gasteiger partial charge in [0.05, 0.1) is 0 Å². The van der Waals surface area contributed by atoms with E-state index >= 15 is 0 Å². The molecule has 1 atom stereocenters. The van der Waals surface area contributed by atoms with Gasteiger partial charge in [0.2, 0.25) is 15.9 Å². The number of nitrogens with one attached hydrogen (secondary N) is 1. The zero-order valence-electron chi connectivity index (χ0n) is 9.81. The van der Waals surface area contributed by atoms with Crippen LogP contribution in [0.25, 0.3) is 0 Å². The summed E-state index contributed by atoms with van der Waals surface area (Å²) in [6, 6.07) is 1.27. The number of aliphatic carboxylic acids is 1. The number of primary amides is 1. The Morgan fingerprint density at radius 1 is 1.47 bits per heavy atom. The molecule has 0 aliphatic heterocycles. The molecule has 19 heavy (non-hydrogen) atoms. The van der Waals surface area contributed by atoms with Crippen LogP contribution in [0, 0.1) is 0 Å². The first-order valence-electron chi connectivity index (χ1n) is 5.26. The Balaban J connectivity index is 2.84. The fourth-order valence-electron chi connectivity index (χ4n) is 1.28. The van der Waals surface area contributed by atoms with Gasteiger partial charge in [-0.3, -0.25) is 14.6 Å². The topological polar surface area (TPSA) is 139 Å². The largest absolute Gasteiger partial charge is 0.480 e. The minimum absolute atomic E-state index is 0.152. The molecule has 1 aromatic rings. The van der Waals surface area contributed by atoms with E-state index in [-0.39, 0.29) is 17.7 Å². The molecule has 0 fully saturated rings. The van der Waals surface area contributed by atoms with Crippen molar-refractivity contribution < 1.29 is 23.1 Å². The minimum atomic E-state index is -4.00. The number of amides is 1. The van der Waals surface area contributed by atoms with Crippen LogP contribution in [0.5, 0.6) is 0 Å². The first-order chi connectivity index (χ1) is 8.83. The van der Waals surface area contributed by atoms with E-state index in [1.165, 1.54) is 18.3 Å². The smallest absolute Gasteiger partial charge is 0.321 e. The van der Waals surface area contributed by atoms with E-state index < -0.39 is 27.9 Å². The van der Waals surface area contributed by atoms with Crippen LogP contribution in [0.3, 0.4) is 0 Å². The summed E-state index contributed by atoms with van der Waals surface area (Å²) < 4.78 is 25.7. The highest BCUT2D eigenvalue weighted by Gasteiger charge is 2.25. The molecule has 4 N–H and O–H groups in total. The lowest BCUT2D eigenvalue weighted by atomic mass is 10.2. The number of carbonyl (C=O) groups is 2. The molecule has 0 bridgehead atoms. The highest BCUT2D eigenvalue weighted by atomic mass is 32.2. The summed E-state index contributed by atoms with van der Waals surface area (Å²) in [5.74, 6) is -2.08. The average Bonchev–Trinajstić information content (AvgIpc) is 2.35. The van der Waals surface area contributed by atoms with Gasteiger partial charge in [-0.25, -0.2) is 8.42 Å². The third kappa shape index (κ3) is 4.64. The van der Waals surface area contributed by atoms with E-state index in [0.717, 1.165) is 6.20 Å². The van der Waals surface area contributed by atoms with E-state index in [9.17, 15) is 18.0 Å². The number of rotatable bonds is 7. The van der Waals surface area contributed by atoms with Crippen molar-refractivity contribution >= 4 is 21.9 Å². The number of hydrogen-bond acceptors (Lipinski definition) is 5. The van der Waals surface area contributed by atoms with Gasteiger partial charge in [0, 0.05) is 18.8 Å². The second-order valence-corrected chi connectivity index (χ2v) is 5.42. The van der Waals surface area contributed by atoms with Crippen LogP contribution in [0.2, 0.25) is 0 Å². The second kappa shape index (κ2) is 6.25. The summed E-state index contributed by atoms with van der Waals surface area (Å²) in [6.45, 7) is 0. The molecule has 1 amide bonds. The SMILES string of the molecule is NC(=O)CC[C@@H](NS(=O)(=O)c1cccnc1)C(=O)O. The van der Waals surface area contributed by atoms with Gasteiger partial charge in [-0.1, -0.05) is 0 Å². The third-order valence-corrected chi connectivity index (χ3v) is 3.68. The summed E-state index contributed by atoms with van der Waals surface area (Å²) in [5.41, 5.74) is 4.90. The number of pyridine rings is 1. The first-order valence-corrected chi connectivity index (χ1v) is 6.74. The van der Waals surface area contributed by atoms with E-state index in [2.05, 4.69) is 4.98 Å². The summed E-state index contributed by atoms with van der Waals surface area (Å²) in [5, 5.41) is 8.90. The summed E-state index contributed by atoms with van der Waals surface area (Å²) in [7, 11) is -4.00. The number of carboxylic acid groups (broad SMARTS) is 1. The Morgan fingerprint density at radius 3 is 2.63 bits per heavy atom. The fraction of sp³-hybridized carbons (Fsp3) is 0.300. The molecule has 8 nitrogen and oxygen atoms in total.